The molecule has 2 aliphatic heterocycles. The zero-order valence-corrected chi connectivity index (χ0v) is 14.3. The Kier molecular flexibility index (Phi) is 5.07. The lowest BCUT2D eigenvalue weighted by Gasteiger charge is -2.33. The summed E-state index contributed by atoms with van der Waals surface area (Å²) in [5.41, 5.74) is -0.435. The highest BCUT2D eigenvalue weighted by Crippen LogP contribution is 2.45. The van der Waals surface area contributed by atoms with E-state index in [4.69, 9.17) is 0 Å². The normalized spacial score (nSPS) is 27.8. The van der Waals surface area contributed by atoms with Gasteiger partial charge in [0.1, 0.15) is 0 Å². The third-order valence-electron chi connectivity index (χ3n) is 6.04. The Morgan fingerprint density at radius 3 is 2.43 bits per heavy atom. The first-order valence-corrected chi connectivity index (χ1v) is 9.25. The van der Waals surface area contributed by atoms with Gasteiger partial charge in [0.25, 0.3) is 0 Å². The van der Waals surface area contributed by atoms with E-state index in [1.165, 1.54) is 11.3 Å². The van der Waals surface area contributed by atoms with Gasteiger partial charge in [-0.1, -0.05) is 26.2 Å². The molecule has 0 aromatic heterocycles. The van der Waals surface area contributed by atoms with Crippen LogP contribution in [0.1, 0.15) is 58.3 Å². The van der Waals surface area contributed by atoms with Gasteiger partial charge in [0.05, 0.1) is 18.1 Å². The molecule has 1 saturated carbocycles. The Labute approximate surface area is 139 Å². The van der Waals surface area contributed by atoms with E-state index in [9.17, 15) is 14.7 Å². The van der Waals surface area contributed by atoms with E-state index < -0.39 is 11.5 Å². The molecule has 1 atom stereocenters. The number of imide groups is 1. The van der Waals surface area contributed by atoms with Crippen LogP contribution in [-0.2, 0) is 9.59 Å². The molecule has 0 unspecified atom stereocenters. The van der Waals surface area contributed by atoms with E-state index in [0.717, 1.165) is 57.5 Å². The number of rotatable bonds is 4. The van der Waals surface area contributed by atoms with Crippen molar-refractivity contribution in [3.63, 3.8) is 0 Å². The molecule has 3 fully saturated rings. The van der Waals surface area contributed by atoms with Crippen LogP contribution in [0, 0.1) is 11.3 Å². The standard InChI is InChI=1S/C18H30N2O3/c1-14-5-9-19(10-6-14)12-15(21)13-20-16(22)11-18(17(20)23)7-3-2-4-8-18/h14-15,21H,2-13H2,1H3/t15-/m0/s1. The van der Waals surface area contributed by atoms with Gasteiger partial charge in [-0.3, -0.25) is 14.5 Å². The lowest BCUT2D eigenvalue weighted by molar-refractivity contribution is -0.144. The highest BCUT2D eigenvalue weighted by molar-refractivity contribution is 6.05. The molecule has 3 aliphatic rings. The first kappa shape index (κ1) is 16.9. The van der Waals surface area contributed by atoms with E-state index in [1.807, 2.05) is 0 Å². The van der Waals surface area contributed by atoms with Crippen molar-refractivity contribution in [2.75, 3.05) is 26.2 Å². The van der Waals surface area contributed by atoms with E-state index in [1.54, 1.807) is 0 Å². The first-order chi connectivity index (χ1) is 11.0. The fourth-order valence-corrected chi connectivity index (χ4v) is 4.48. The second-order valence-corrected chi connectivity index (χ2v) is 7.96. The second-order valence-electron chi connectivity index (χ2n) is 7.96. The maximum Gasteiger partial charge on any atom is 0.235 e. The maximum atomic E-state index is 12.7. The van der Waals surface area contributed by atoms with E-state index in [-0.39, 0.29) is 18.4 Å². The lowest BCUT2D eigenvalue weighted by atomic mass is 9.73. The molecule has 5 heteroatoms. The molecule has 0 radical (unpaired) electrons. The highest BCUT2D eigenvalue weighted by atomic mass is 16.3. The Bertz CT molecular complexity index is 451. The van der Waals surface area contributed by atoms with Gasteiger partial charge in [-0.25, -0.2) is 0 Å². The minimum atomic E-state index is -0.630. The summed E-state index contributed by atoms with van der Waals surface area (Å²) in [4.78, 5) is 28.7. The molecule has 2 amide bonds. The Morgan fingerprint density at radius 2 is 1.78 bits per heavy atom. The summed E-state index contributed by atoms with van der Waals surface area (Å²) >= 11 is 0. The molecule has 3 rings (SSSR count). The van der Waals surface area contributed by atoms with Crippen LogP contribution in [0.3, 0.4) is 0 Å². The molecular weight excluding hydrogens is 292 g/mol. The minimum Gasteiger partial charge on any atom is -0.390 e. The fourth-order valence-electron chi connectivity index (χ4n) is 4.48. The number of nitrogens with zero attached hydrogens (tertiary/aromatic N) is 2. The summed E-state index contributed by atoms with van der Waals surface area (Å²) in [6.07, 6.45) is 6.99. The van der Waals surface area contributed by atoms with E-state index in [0.29, 0.717) is 13.0 Å². The number of aliphatic hydroxyl groups excluding tert-OH is 1. The maximum absolute atomic E-state index is 12.7. The van der Waals surface area contributed by atoms with Crippen molar-refractivity contribution >= 4 is 11.8 Å². The fraction of sp³-hybridized carbons (Fsp3) is 0.889. The number of carbonyl (C=O) groups excluding carboxylic acids is 2. The predicted octanol–water partition coefficient (Wildman–Crippen LogP) is 1.79. The number of β-amino-alcohol motifs (C(OH)–C–C–N with tert-alkyl or cyclic N) is 1. The van der Waals surface area contributed by atoms with Gasteiger partial charge in [0.2, 0.25) is 11.8 Å². The molecule has 2 heterocycles. The van der Waals surface area contributed by atoms with Crippen LogP contribution in [0.2, 0.25) is 0 Å². The van der Waals surface area contributed by atoms with E-state index in [2.05, 4.69) is 11.8 Å². The summed E-state index contributed by atoms with van der Waals surface area (Å²) in [7, 11) is 0. The molecule has 0 aromatic rings. The van der Waals surface area contributed by atoms with Crippen LogP contribution in [0.5, 0.6) is 0 Å². The number of aliphatic hydroxyl groups is 1. The van der Waals surface area contributed by atoms with Crippen LogP contribution in [0.4, 0.5) is 0 Å². The second kappa shape index (κ2) is 6.89. The van der Waals surface area contributed by atoms with Gasteiger partial charge in [0.15, 0.2) is 0 Å². The smallest absolute Gasteiger partial charge is 0.235 e. The molecule has 2 saturated heterocycles. The van der Waals surface area contributed by atoms with Crippen molar-refractivity contribution in [2.24, 2.45) is 11.3 Å². The van der Waals surface area contributed by atoms with Crippen LogP contribution < -0.4 is 0 Å². The zero-order valence-electron chi connectivity index (χ0n) is 14.3. The number of amides is 2. The van der Waals surface area contributed by atoms with Gasteiger partial charge in [0, 0.05) is 13.0 Å². The Morgan fingerprint density at radius 1 is 1.13 bits per heavy atom. The first-order valence-electron chi connectivity index (χ1n) is 9.25. The van der Waals surface area contributed by atoms with Crippen LogP contribution in [0.25, 0.3) is 0 Å². The average molecular weight is 322 g/mol. The Balaban J connectivity index is 1.54. The van der Waals surface area contributed by atoms with Gasteiger partial charge < -0.3 is 10.0 Å². The summed E-state index contributed by atoms with van der Waals surface area (Å²) in [5.74, 6) is 0.660. The van der Waals surface area contributed by atoms with Gasteiger partial charge >= 0.3 is 0 Å². The lowest BCUT2D eigenvalue weighted by Crippen LogP contribution is -2.45. The molecule has 1 spiro atoms. The van der Waals surface area contributed by atoms with Crippen molar-refractivity contribution in [3.8, 4) is 0 Å². The van der Waals surface area contributed by atoms with Gasteiger partial charge in [-0.15, -0.1) is 0 Å². The molecule has 1 N–H and O–H groups in total. The minimum absolute atomic E-state index is 0.0199. The third kappa shape index (κ3) is 3.61. The number of hydrogen-bond donors (Lipinski definition) is 1. The van der Waals surface area contributed by atoms with Crippen LogP contribution in [0.15, 0.2) is 0 Å². The van der Waals surface area contributed by atoms with Crippen molar-refractivity contribution in [2.45, 2.75) is 64.4 Å². The third-order valence-corrected chi connectivity index (χ3v) is 6.04. The molecule has 5 nitrogen and oxygen atoms in total. The molecule has 0 bridgehead atoms. The van der Waals surface area contributed by atoms with Gasteiger partial charge in [-0.2, -0.15) is 0 Å². The highest BCUT2D eigenvalue weighted by Gasteiger charge is 2.51. The molecule has 23 heavy (non-hydrogen) atoms. The summed E-state index contributed by atoms with van der Waals surface area (Å²) in [6, 6.07) is 0. The monoisotopic (exact) mass is 322 g/mol. The largest absolute Gasteiger partial charge is 0.390 e. The summed E-state index contributed by atoms with van der Waals surface area (Å²) in [5, 5.41) is 10.4. The zero-order chi connectivity index (χ0) is 16.4. The summed E-state index contributed by atoms with van der Waals surface area (Å²) in [6.45, 7) is 5.01. The van der Waals surface area contributed by atoms with Crippen molar-refractivity contribution in [1.29, 1.82) is 0 Å². The van der Waals surface area contributed by atoms with Crippen molar-refractivity contribution in [1.82, 2.24) is 9.80 Å². The molecule has 1 aliphatic carbocycles. The van der Waals surface area contributed by atoms with Crippen LogP contribution >= 0.6 is 0 Å². The molecule has 130 valence electrons. The quantitative estimate of drug-likeness (QED) is 0.802. The number of hydrogen-bond acceptors (Lipinski definition) is 4. The van der Waals surface area contributed by atoms with E-state index >= 15 is 0 Å². The molecular formula is C18H30N2O3. The van der Waals surface area contributed by atoms with Gasteiger partial charge in [-0.05, 0) is 44.7 Å². The number of carbonyl (C=O) groups is 2. The molecule has 0 aromatic carbocycles. The van der Waals surface area contributed by atoms with Crippen LogP contribution in [-0.4, -0.2) is 59.0 Å². The summed E-state index contributed by atoms with van der Waals surface area (Å²) < 4.78 is 0. The van der Waals surface area contributed by atoms with Crippen molar-refractivity contribution in [3.05, 3.63) is 0 Å². The predicted molar refractivity (Wildman–Crippen MR) is 87.7 cm³/mol. The Hall–Kier alpha value is -0.940. The number of piperidine rings is 1. The SMILES string of the molecule is CC1CCN(C[C@H](O)CN2C(=O)CC3(CCCCC3)C2=O)CC1. The average Bonchev–Trinajstić information content (AvgIpc) is 2.75. The van der Waals surface area contributed by atoms with Crippen molar-refractivity contribution < 1.29 is 14.7 Å². The topological polar surface area (TPSA) is 60.9 Å². The number of likely N-dealkylation sites (tertiary alicyclic amines) is 2.